The first-order chi connectivity index (χ1) is 8.72. The number of fused-ring (bicyclic) bond motifs is 1. The van der Waals surface area contributed by atoms with E-state index < -0.39 is 0 Å². The van der Waals surface area contributed by atoms with E-state index in [1.807, 2.05) is 18.2 Å². The molecule has 0 N–H and O–H groups in total. The second-order valence-corrected chi connectivity index (χ2v) is 5.12. The number of ether oxygens (including phenoxy) is 1. The minimum Gasteiger partial charge on any atom is -0.490 e. The minimum absolute atomic E-state index is 0.0230. The van der Waals surface area contributed by atoms with Gasteiger partial charge < -0.3 is 4.74 Å². The Morgan fingerprint density at radius 1 is 1.11 bits per heavy atom. The zero-order valence-electron chi connectivity index (χ0n) is 10.3. The SMILES string of the molecule is O=C1CCC(Oc2ccc3c(c2)CCCC3=O)C1. The number of hydrogen-bond donors (Lipinski definition) is 0. The molecule has 18 heavy (non-hydrogen) atoms. The van der Waals surface area contributed by atoms with Crippen LogP contribution < -0.4 is 4.74 Å². The third-order valence-electron chi connectivity index (χ3n) is 3.73. The smallest absolute Gasteiger partial charge is 0.163 e. The maximum atomic E-state index is 11.7. The van der Waals surface area contributed by atoms with Crippen LogP contribution in [-0.2, 0) is 11.2 Å². The van der Waals surface area contributed by atoms with Crippen molar-refractivity contribution in [2.75, 3.05) is 0 Å². The Morgan fingerprint density at radius 3 is 2.78 bits per heavy atom. The Morgan fingerprint density at radius 2 is 2.00 bits per heavy atom. The van der Waals surface area contributed by atoms with Gasteiger partial charge in [-0.05, 0) is 43.0 Å². The molecule has 1 unspecified atom stereocenters. The molecular formula is C15H16O3. The second kappa shape index (κ2) is 4.56. The highest BCUT2D eigenvalue weighted by Crippen LogP contribution is 2.28. The number of Topliss-reactive ketones (excluding diaryl/α,β-unsaturated/α-hetero) is 2. The van der Waals surface area contributed by atoms with Crippen LogP contribution >= 0.6 is 0 Å². The summed E-state index contributed by atoms with van der Waals surface area (Å²) in [7, 11) is 0. The molecule has 0 spiro atoms. The van der Waals surface area contributed by atoms with E-state index in [0.29, 0.717) is 19.3 Å². The molecule has 1 fully saturated rings. The lowest BCUT2D eigenvalue weighted by molar-refractivity contribution is -0.117. The third kappa shape index (κ3) is 2.17. The second-order valence-electron chi connectivity index (χ2n) is 5.12. The Balaban J connectivity index is 1.78. The molecule has 3 nitrogen and oxygen atoms in total. The maximum Gasteiger partial charge on any atom is 0.163 e. The van der Waals surface area contributed by atoms with E-state index in [1.165, 1.54) is 0 Å². The van der Waals surface area contributed by atoms with Gasteiger partial charge in [-0.15, -0.1) is 0 Å². The fourth-order valence-corrected chi connectivity index (χ4v) is 2.77. The maximum absolute atomic E-state index is 11.7. The normalized spacial score (nSPS) is 23.0. The highest BCUT2D eigenvalue weighted by atomic mass is 16.5. The first kappa shape index (κ1) is 11.5. The lowest BCUT2D eigenvalue weighted by Crippen LogP contribution is -2.14. The van der Waals surface area contributed by atoms with Crippen molar-refractivity contribution in [2.45, 2.75) is 44.6 Å². The van der Waals surface area contributed by atoms with E-state index in [1.54, 1.807) is 0 Å². The number of aryl methyl sites for hydroxylation is 1. The van der Waals surface area contributed by atoms with Gasteiger partial charge in [0, 0.05) is 24.8 Å². The van der Waals surface area contributed by atoms with E-state index in [4.69, 9.17) is 4.74 Å². The van der Waals surface area contributed by atoms with Crippen molar-refractivity contribution in [3.8, 4) is 5.75 Å². The van der Waals surface area contributed by atoms with Gasteiger partial charge >= 0.3 is 0 Å². The van der Waals surface area contributed by atoms with Gasteiger partial charge in [0.1, 0.15) is 17.6 Å². The van der Waals surface area contributed by atoms with Gasteiger partial charge in [0.25, 0.3) is 0 Å². The Bertz CT molecular complexity index is 504. The van der Waals surface area contributed by atoms with Crippen LogP contribution in [0, 0.1) is 0 Å². The zero-order chi connectivity index (χ0) is 12.5. The van der Waals surface area contributed by atoms with Crippen molar-refractivity contribution < 1.29 is 14.3 Å². The van der Waals surface area contributed by atoms with Gasteiger partial charge in [0.2, 0.25) is 0 Å². The van der Waals surface area contributed by atoms with Gasteiger partial charge in [-0.25, -0.2) is 0 Å². The number of rotatable bonds is 2. The molecule has 1 saturated carbocycles. The van der Waals surface area contributed by atoms with Gasteiger partial charge in [-0.1, -0.05) is 0 Å². The Kier molecular flexibility index (Phi) is 2.90. The van der Waals surface area contributed by atoms with E-state index in [9.17, 15) is 9.59 Å². The Hall–Kier alpha value is -1.64. The van der Waals surface area contributed by atoms with Gasteiger partial charge in [-0.2, -0.15) is 0 Å². The molecule has 0 aliphatic heterocycles. The van der Waals surface area contributed by atoms with E-state index in [-0.39, 0.29) is 17.7 Å². The fourth-order valence-electron chi connectivity index (χ4n) is 2.77. The van der Waals surface area contributed by atoms with E-state index in [0.717, 1.165) is 36.1 Å². The largest absolute Gasteiger partial charge is 0.490 e. The van der Waals surface area contributed by atoms with Crippen LogP contribution in [0.1, 0.15) is 48.0 Å². The molecule has 3 rings (SSSR count). The van der Waals surface area contributed by atoms with E-state index in [2.05, 4.69) is 0 Å². The summed E-state index contributed by atoms with van der Waals surface area (Å²) in [5.41, 5.74) is 1.93. The molecule has 1 aromatic carbocycles. The quantitative estimate of drug-likeness (QED) is 0.803. The minimum atomic E-state index is 0.0230. The topological polar surface area (TPSA) is 43.4 Å². The molecule has 3 heteroatoms. The van der Waals surface area contributed by atoms with Crippen LogP contribution in [0.25, 0.3) is 0 Å². The molecule has 0 saturated heterocycles. The van der Waals surface area contributed by atoms with Crippen LogP contribution in [-0.4, -0.2) is 17.7 Å². The highest BCUT2D eigenvalue weighted by molar-refractivity contribution is 5.98. The highest BCUT2D eigenvalue weighted by Gasteiger charge is 2.24. The summed E-state index contributed by atoms with van der Waals surface area (Å²) in [6.07, 6.45) is 4.53. The molecule has 2 aliphatic carbocycles. The molecule has 94 valence electrons. The summed E-state index contributed by atoms with van der Waals surface area (Å²) in [5, 5.41) is 0. The number of hydrogen-bond acceptors (Lipinski definition) is 3. The van der Waals surface area contributed by atoms with Gasteiger partial charge in [0.05, 0.1) is 0 Å². The standard InChI is InChI=1S/C15H16O3/c16-11-4-5-13(9-11)18-12-6-7-14-10(8-12)2-1-3-15(14)17/h6-8,13H,1-5,9H2. The van der Waals surface area contributed by atoms with Crippen molar-refractivity contribution >= 4 is 11.6 Å². The zero-order valence-corrected chi connectivity index (χ0v) is 10.3. The van der Waals surface area contributed by atoms with Crippen LogP contribution in [0.2, 0.25) is 0 Å². The van der Waals surface area contributed by atoms with Crippen molar-refractivity contribution in [3.63, 3.8) is 0 Å². The summed E-state index contributed by atoms with van der Waals surface area (Å²) in [6, 6.07) is 5.68. The van der Waals surface area contributed by atoms with Crippen molar-refractivity contribution in [1.82, 2.24) is 0 Å². The molecular weight excluding hydrogens is 228 g/mol. The van der Waals surface area contributed by atoms with Crippen molar-refractivity contribution in [2.24, 2.45) is 0 Å². The third-order valence-corrected chi connectivity index (χ3v) is 3.73. The lowest BCUT2D eigenvalue weighted by atomic mass is 9.90. The molecule has 0 radical (unpaired) electrons. The molecule has 0 amide bonds. The van der Waals surface area contributed by atoms with Crippen molar-refractivity contribution in [3.05, 3.63) is 29.3 Å². The van der Waals surface area contributed by atoms with Crippen LogP contribution in [0.3, 0.4) is 0 Å². The monoisotopic (exact) mass is 244 g/mol. The number of benzene rings is 1. The summed E-state index contributed by atoms with van der Waals surface area (Å²) >= 11 is 0. The lowest BCUT2D eigenvalue weighted by Gasteiger charge is -2.18. The molecule has 0 bridgehead atoms. The van der Waals surface area contributed by atoms with Crippen LogP contribution in [0.4, 0.5) is 0 Å². The van der Waals surface area contributed by atoms with Crippen LogP contribution in [0.15, 0.2) is 18.2 Å². The average molecular weight is 244 g/mol. The first-order valence-electron chi connectivity index (χ1n) is 6.57. The molecule has 1 aromatic rings. The molecule has 2 aliphatic rings. The molecule has 0 aromatic heterocycles. The summed E-state index contributed by atoms with van der Waals surface area (Å²) in [4.78, 5) is 22.9. The number of carbonyl (C=O) groups is 2. The summed E-state index contributed by atoms with van der Waals surface area (Å²) < 4.78 is 5.81. The average Bonchev–Trinajstić information content (AvgIpc) is 2.75. The molecule has 0 heterocycles. The Labute approximate surface area is 106 Å². The number of carbonyl (C=O) groups excluding carboxylic acids is 2. The van der Waals surface area contributed by atoms with E-state index >= 15 is 0 Å². The predicted molar refractivity (Wildman–Crippen MR) is 67.0 cm³/mol. The van der Waals surface area contributed by atoms with Crippen molar-refractivity contribution in [1.29, 1.82) is 0 Å². The fraction of sp³-hybridized carbons (Fsp3) is 0.467. The summed E-state index contributed by atoms with van der Waals surface area (Å²) in [5.74, 6) is 1.31. The predicted octanol–water partition coefficient (Wildman–Crippen LogP) is 2.71. The summed E-state index contributed by atoms with van der Waals surface area (Å²) in [6.45, 7) is 0. The van der Waals surface area contributed by atoms with Crippen LogP contribution in [0.5, 0.6) is 5.75 Å². The molecule has 1 atom stereocenters. The van der Waals surface area contributed by atoms with Gasteiger partial charge in [-0.3, -0.25) is 9.59 Å². The first-order valence-corrected chi connectivity index (χ1v) is 6.57. The van der Waals surface area contributed by atoms with Gasteiger partial charge in [0.15, 0.2) is 5.78 Å². The number of ketones is 2.